The lowest BCUT2D eigenvalue weighted by Gasteiger charge is -2.09. The van der Waals surface area contributed by atoms with Crippen LogP contribution in [0.2, 0.25) is 0 Å². The van der Waals surface area contributed by atoms with Gasteiger partial charge in [-0.25, -0.2) is 0 Å². The summed E-state index contributed by atoms with van der Waals surface area (Å²) in [6, 6.07) is 0. The molecule has 0 heterocycles. The normalized spacial score (nSPS) is 18.0. The predicted octanol–water partition coefficient (Wildman–Crippen LogP) is 1.63. The van der Waals surface area contributed by atoms with Gasteiger partial charge >= 0.3 is 0 Å². The van der Waals surface area contributed by atoms with Crippen molar-refractivity contribution in [1.82, 2.24) is 0 Å². The first-order valence-electron chi connectivity index (χ1n) is 2.16. The van der Waals surface area contributed by atoms with Crippen molar-refractivity contribution in [2.45, 2.75) is 10.0 Å². The van der Waals surface area contributed by atoms with Gasteiger partial charge in [0.05, 0.1) is 10.0 Å². The second-order valence-corrected chi connectivity index (χ2v) is 3.61. The minimum Gasteiger partial charge on any atom is -0.391 e. The zero-order chi connectivity index (χ0) is 6.57. The highest BCUT2D eigenvalue weighted by molar-refractivity contribution is 14.1. The quantitative estimate of drug-likeness (QED) is 0.609. The van der Waals surface area contributed by atoms with E-state index >= 15 is 0 Å². The van der Waals surface area contributed by atoms with Crippen LogP contribution < -0.4 is 0 Å². The molecule has 0 aromatic carbocycles. The molecule has 8 heavy (non-hydrogen) atoms. The molecule has 1 N–H and O–H groups in total. The molecule has 0 aromatic rings. The van der Waals surface area contributed by atoms with E-state index in [1.807, 2.05) is 0 Å². The van der Waals surface area contributed by atoms with Crippen molar-refractivity contribution in [3.05, 3.63) is 0 Å². The molecule has 0 rings (SSSR count). The first kappa shape index (κ1) is 9.27. The highest BCUT2D eigenvalue weighted by atomic mass is 127. The van der Waals surface area contributed by atoms with Crippen LogP contribution in [0.3, 0.4) is 0 Å². The maximum absolute atomic E-state index is 8.90. The Kier molecular flexibility index (Phi) is 5.89. The van der Waals surface area contributed by atoms with Gasteiger partial charge in [-0.05, 0) is 0 Å². The van der Waals surface area contributed by atoms with Crippen LogP contribution in [0.25, 0.3) is 0 Å². The van der Waals surface area contributed by atoms with E-state index in [9.17, 15) is 0 Å². The molecule has 0 aliphatic rings. The lowest BCUT2D eigenvalue weighted by atomic mass is 10.3. The minimum atomic E-state index is -0.463. The molecule has 2 unspecified atom stereocenters. The van der Waals surface area contributed by atoms with Crippen LogP contribution in [-0.2, 0) is 0 Å². The zero-order valence-corrected chi connectivity index (χ0v) is 7.82. The van der Waals surface area contributed by atoms with Crippen LogP contribution >= 0.6 is 45.8 Å². The van der Waals surface area contributed by atoms with Gasteiger partial charge < -0.3 is 5.11 Å². The first-order valence-corrected chi connectivity index (χ1v) is 4.48. The Labute approximate surface area is 72.5 Å². The van der Waals surface area contributed by atoms with E-state index in [-0.39, 0.29) is 9.80 Å². The molecule has 0 saturated carbocycles. The average Bonchev–Trinajstić information content (AvgIpc) is 1.84. The van der Waals surface area contributed by atoms with Crippen molar-refractivity contribution in [2.24, 2.45) is 0 Å². The molecule has 0 amide bonds. The van der Waals surface area contributed by atoms with E-state index < -0.39 is 6.10 Å². The molecule has 0 spiro atoms. The largest absolute Gasteiger partial charge is 0.391 e. The number of aliphatic hydroxyl groups is 1. The smallest absolute Gasteiger partial charge is 0.0804 e. The van der Waals surface area contributed by atoms with Gasteiger partial charge in [-0.2, -0.15) is 0 Å². The van der Waals surface area contributed by atoms with E-state index in [0.29, 0.717) is 5.88 Å². The molecule has 0 saturated heterocycles. The molecule has 2 atom stereocenters. The van der Waals surface area contributed by atoms with Crippen molar-refractivity contribution in [2.75, 3.05) is 11.8 Å². The summed E-state index contributed by atoms with van der Waals surface area (Å²) >= 11 is 12.8. The van der Waals surface area contributed by atoms with E-state index in [2.05, 4.69) is 22.6 Å². The third-order valence-corrected chi connectivity index (χ3v) is 3.16. The van der Waals surface area contributed by atoms with Gasteiger partial charge in [0.2, 0.25) is 0 Å². The summed E-state index contributed by atoms with van der Waals surface area (Å²) in [5, 5.41) is 8.90. The van der Waals surface area contributed by atoms with Gasteiger partial charge in [0, 0.05) is 11.8 Å². The fraction of sp³-hybridized carbons (Fsp3) is 1.00. The Morgan fingerprint density at radius 2 is 1.88 bits per heavy atom. The second kappa shape index (κ2) is 5.09. The topological polar surface area (TPSA) is 20.2 Å². The summed E-state index contributed by atoms with van der Waals surface area (Å²) in [6.07, 6.45) is -0.463. The fourth-order valence-corrected chi connectivity index (χ4v) is 1.18. The van der Waals surface area contributed by atoms with Crippen LogP contribution in [0.5, 0.6) is 0 Å². The van der Waals surface area contributed by atoms with Gasteiger partial charge in [0.15, 0.2) is 0 Å². The first-order chi connectivity index (χ1) is 3.72. The molecule has 0 aromatic heterocycles. The summed E-state index contributed by atoms with van der Waals surface area (Å²) in [4.78, 5) is 0. The summed E-state index contributed by atoms with van der Waals surface area (Å²) in [6.45, 7) is 0. The third kappa shape index (κ3) is 3.33. The van der Waals surface area contributed by atoms with E-state index in [1.165, 1.54) is 0 Å². The Hall–Kier alpha value is 1.27. The van der Waals surface area contributed by atoms with Gasteiger partial charge in [-0.3, -0.25) is 0 Å². The van der Waals surface area contributed by atoms with Crippen molar-refractivity contribution in [1.29, 1.82) is 0 Å². The maximum Gasteiger partial charge on any atom is 0.0804 e. The van der Waals surface area contributed by atoms with Crippen molar-refractivity contribution in [3.63, 3.8) is 0 Å². The standard InChI is InChI=1S/C4H7Cl2IO/c5-1-3(7)4(8)2-6/h3-4,8H,1-2H2. The van der Waals surface area contributed by atoms with Gasteiger partial charge in [-0.15, -0.1) is 23.2 Å². The Bertz CT molecular complexity index is 54.0. The molecule has 0 aliphatic carbocycles. The van der Waals surface area contributed by atoms with E-state index in [4.69, 9.17) is 28.3 Å². The molecule has 0 aliphatic heterocycles. The highest BCUT2D eigenvalue weighted by Gasteiger charge is 2.11. The number of alkyl halides is 3. The van der Waals surface area contributed by atoms with Gasteiger partial charge in [0.25, 0.3) is 0 Å². The molecule has 4 heteroatoms. The van der Waals surface area contributed by atoms with Crippen LogP contribution in [0.1, 0.15) is 0 Å². The number of halogens is 3. The Morgan fingerprint density at radius 1 is 1.38 bits per heavy atom. The number of hydrogen-bond acceptors (Lipinski definition) is 1. The molecular weight excluding hydrogens is 262 g/mol. The summed E-state index contributed by atoms with van der Waals surface area (Å²) < 4.78 is 0.0757. The van der Waals surface area contributed by atoms with E-state index in [1.54, 1.807) is 0 Å². The monoisotopic (exact) mass is 268 g/mol. The highest BCUT2D eigenvalue weighted by Crippen LogP contribution is 2.09. The number of aliphatic hydroxyl groups excluding tert-OH is 1. The number of rotatable bonds is 3. The summed E-state index contributed by atoms with van der Waals surface area (Å²) in [7, 11) is 0. The van der Waals surface area contributed by atoms with Gasteiger partial charge in [0.1, 0.15) is 0 Å². The predicted molar refractivity (Wildman–Crippen MR) is 45.3 cm³/mol. The maximum atomic E-state index is 8.90. The average molecular weight is 269 g/mol. The Morgan fingerprint density at radius 3 is 2.00 bits per heavy atom. The van der Waals surface area contributed by atoms with Gasteiger partial charge in [-0.1, -0.05) is 22.6 Å². The minimum absolute atomic E-state index is 0.0757. The molecule has 50 valence electrons. The van der Waals surface area contributed by atoms with Crippen molar-refractivity contribution >= 4 is 45.8 Å². The molecule has 0 fully saturated rings. The molecule has 0 bridgehead atoms. The summed E-state index contributed by atoms with van der Waals surface area (Å²) in [5.74, 6) is 0.717. The van der Waals surface area contributed by atoms with Crippen LogP contribution in [0.15, 0.2) is 0 Å². The van der Waals surface area contributed by atoms with Crippen LogP contribution in [0.4, 0.5) is 0 Å². The molecule has 0 radical (unpaired) electrons. The van der Waals surface area contributed by atoms with Crippen LogP contribution in [0, 0.1) is 0 Å². The number of hydrogen-bond donors (Lipinski definition) is 1. The third-order valence-electron chi connectivity index (χ3n) is 0.723. The fourth-order valence-electron chi connectivity index (χ4n) is 0.200. The summed E-state index contributed by atoms with van der Waals surface area (Å²) in [5.41, 5.74) is 0. The molecule has 1 nitrogen and oxygen atoms in total. The Balaban J connectivity index is 3.29. The lowest BCUT2D eigenvalue weighted by molar-refractivity contribution is 0.205. The van der Waals surface area contributed by atoms with Crippen molar-refractivity contribution in [3.8, 4) is 0 Å². The zero-order valence-electron chi connectivity index (χ0n) is 4.15. The second-order valence-electron chi connectivity index (χ2n) is 1.39. The van der Waals surface area contributed by atoms with Crippen molar-refractivity contribution < 1.29 is 5.11 Å². The lowest BCUT2D eigenvalue weighted by Crippen LogP contribution is -2.22. The molecular formula is C4H7Cl2IO. The van der Waals surface area contributed by atoms with E-state index in [0.717, 1.165) is 0 Å². The van der Waals surface area contributed by atoms with Crippen LogP contribution in [-0.4, -0.2) is 26.9 Å². The SMILES string of the molecule is OC(CCl)C(I)CCl.